The summed E-state index contributed by atoms with van der Waals surface area (Å²) in [4.78, 5) is 9.45. The van der Waals surface area contributed by atoms with Crippen molar-refractivity contribution in [2.45, 2.75) is 46.2 Å². The number of benzene rings is 3. The van der Waals surface area contributed by atoms with E-state index in [1.165, 1.54) is 39.8 Å². The molecule has 0 radical (unpaired) electrons. The maximum atomic E-state index is 7.08. The van der Waals surface area contributed by atoms with Crippen molar-refractivity contribution < 1.29 is 0 Å². The van der Waals surface area contributed by atoms with Crippen molar-refractivity contribution in [2.24, 2.45) is 11.8 Å². The Labute approximate surface area is 270 Å². The number of thiocarbonyl (C=S) groups is 1. The van der Waals surface area contributed by atoms with Crippen molar-refractivity contribution in [3.05, 3.63) is 119 Å². The van der Waals surface area contributed by atoms with Crippen LogP contribution in [-0.4, -0.2) is 27.8 Å². The molecular weight excluding hydrogens is 582 g/mol. The monoisotopic (exact) mass is 619 g/mol. The zero-order valence-electron chi connectivity index (χ0n) is 25.7. The molecule has 5 aromatic rings. The topological polar surface area (TPSA) is 36.3 Å². The molecule has 1 N–H and O–H groups in total. The quantitative estimate of drug-likeness (QED) is 0.199. The number of pyridine rings is 1. The number of hydrogen-bond acceptors (Lipinski definition) is 3. The van der Waals surface area contributed by atoms with Gasteiger partial charge < -0.3 is 19.7 Å². The van der Waals surface area contributed by atoms with Crippen LogP contribution in [0.2, 0.25) is 5.02 Å². The van der Waals surface area contributed by atoms with Gasteiger partial charge in [0.05, 0.1) is 34.2 Å². The zero-order valence-corrected chi connectivity index (χ0v) is 27.2. The standard InChI is InChI=1S/C37H38ClN5S/c1-23-18-24(2)22-41(21-23)34-16-15-28(20-31(34)38)43-36(35(40-37(43)44)32-13-7-8-17-39-32)30-19-25(3)42(26(30)4)33-14-9-11-27-10-5-6-12-29(27)33/h5-17,19-20,23-24,35-36H,18,21-22H2,1-4H3,(H,40,44)/t23-,24+,35-,36-/m0/s1. The molecule has 2 aromatic heterocycles. The predicted molar refractivity (Wildman–Crippen MR) is 187 cm³/mol. The Kier molecular flexibility index (Phi) is 7.59. The summed E-state index contributed by atoms with van der Waals surface area (Å²) >= 11 is 13.2. The fraction of sp³-hybridized carbons (Fsp3) is 0.297. The van der Waals surface area contributed by atoms with Gasteiger partial charge in [0.25, 0.3) is 0 Å². The molecule has 2 fully saturated rings. The molecular formula is C37H38ClN5S. The first-order valence-corrected chi connectivity index (χ1v) is 16.3. The molecule has 44 heavy (non-hydrogen) atoms. The number of rotatable bonds is 5. The maximum Gasteiger partial charge on any atom is 0.174 e. The van der Waals surface area contributed by atoms with E-state index in [2.05, 4.69) is 120 Å². The zero-order chi connectivity index (χ0) is 30.5. The highest BCUT2D eigenvalue weighted by atomic mass is 35.5. The minimum Gasteiger partial charge on any atom is -0.370 e. The van der Waals surface area contributed by atoms with Gasteiger partial charge >= 0.3 is 0 Å². The Balaban J connectivity index is 1.34. The molecule has 7 rings (SSSR count). The van der Waals surface area contributed by atoms with E-state index in [1.54, 1.807) is 0 Å². The average molecular weight is 620 g/mol. The summed E-state index contributed by atoms with van der Waals surface area (Å²) in [5.74, 6) is 1.29. The Hall–Kier alpha value is -3.87. The molecule has 0 unspecified atom stereocenters. The summed E-state index contributed by atoms with van der Waals surface area (Å²) in [6.45, 7) is 11.1. The van der Waals surface area contributed by atoms with Crippen LogP contribution in [-0.2, 0) is 0 Å². The molecule has 5 nitrogen and oxygen atoms in total. The molecule has 2 aliphatic rings. The minimum atomic E-state index is -0.132. The Morgan fingerprint density at radius 1 is 0.864 bits per heavy atom. The lowest BCUT2D eigenvalue weighted by Crippen LogP contribution is -2.38. The summed E-state index contributed by atoms with van der Waals surface area (Å²) in [7, 11) is 0. The largest absolute Gasteiger partial charge is 0.370 e. The summed E-state index contributed by atoms with van der Waals surface area (Å²) < 4.78 is 2.38. The normalized spacial score (nSPS) is 22.1. The second kappa shape index (κ2) is 11.6. The van der Waals surface area contributed by atoms with Crippen LogP contribution >= 0.6 is 23.8 Å². The molecule has 2 aliphatic heterocycles. The van der Waals surface area contributed by atoms with Gasteiger partial charge in [0.2, 0.25) is 0 Å². The van der Waals surface area contributed by atoms with E-state index in [-0.39, 0.29) is 12.1 Å². The molecule has 2 saturated heterocycles. The van der Waals surface area contributed by atoms with Gasteiger partial charge in [0, 0.05) is 41.7 Å². The molecule has 7 heteroatoms. The predicted octanol–water partition coefficient (Wildman–Crippen LogP) is 8.96. The van der Waals surface area contributed by atoms with Gasteiger partial charge in [-0.2, -0.15) is 0 Å². The van der Waals surface area contributed by atoms with Crippen molar-refractivity contribution in [3.63, 3.8) is 0 Å². The highest BCUT2D eigenvalue weighted by Crippen LogP contribution is 2.45. The second-order valence-corrected chi connectivity index (χ2v) is 13.4. The van der Waals surface area contributed by atoms with E-state index in [9.17, 15) is 0 Å². The third kappa shape index (κ3) is 5.04. The van der Waals surface area contributed by atoms with Gasteiger partial charge in [-0.3, -0.25) is 4.98 Å². The van der Waals surface area contributed by atoms with Crippen LogP contribution in [0.15, 0.2) is 91.1 Å². The Morgan fingerprint density at radius 2 is 1.61 bits per heavy atom. The number of hydrogen-bond donors (Lipinski definition) is 1. The van der Waals surface area contributed by atoms with E-state index in [0.717, 1.165) is 35.2 Å². The SMILES string of the molecule is Cc1cc([C@H]2[C@H](c3ccccn3)NC(=S)N2c2ccc(N3C[C@H](C)C[C@H](C)C3)c(Cl)c2)c(C)n1-c1cccc2ccccc12. The maximum absolute atomic E-state index is 7.08. The number of aryl methyl sites for hydroxylation is 1. The first-order chi connectivity index (χ1) is 21.3. The highest BCUT2D eigenvalue weighted by molar-refractivity contribution is 7.80. The van der Waals surface area contributed by atoms with E-state index in [0.29, 0.717) is 16.9 Å². The number of halogens is 1. The average Bonchev–Trinajstić information content (AvgIpc) is 3.51. The first-order valence-electron chi connectivity index (χ1n) is 15.5. The van der Waals surface area contributed by atoms with Gasteiger partial charge in [-0.15, -0.1) is 0 Å². The lowest BCUT2D eigenvalue weighted by Gasteiger charge is -2.37. The summed E-state index contributed by atoms with van der Waals surface area (Å²) in [6.07, 6.45) is 3.11. The third-order valence-corrected chi connectivity index (χ3v) is 9.93. The Morgan fingerprint density at radius 3 is 2.36 bits per heavy atom. The van der Waals surface area contributed by atoms with Crippen LogP contribution in [0.5, 0.6) is 0 Å². The van der Waals surface area contributed by atoms with Crippen molar-refractivity contribution in [1.82, 2.24) is 14.9 Å². The fourth-order valence-electron chi connectivity index (χ4n) is 7.57. The summed E-state index contributed by atoms with van der Waals surface area (Å²) in [5, 5.41) is 7.51. The molecule has 0 spiro atoms. The number of anilines is 2. The molecule has 0 bridgehead atoms. The van der Waals surface area contributed by atoms with Crippen molar-refractivity contribution in [2.75, 3.05) is 22.9 Å². The number of piperidine rings is 1. The van der Waals surface area contributed by atoms with Gasteiger partial charge in [0.1, 0.15) is 0 Å². The lowest BCUT2D eigenvalue weighted by atomic mass is 9.91. The van der Waals surface area contributed by atoms with Gasteiger partial charge in [-0.1, -0.05) is 67.9 Å². The van der Waals surface area contributed by atoms with Crippen LogP contribution in [0, 0.1) is 25.7 Å². The van der Waals surface area contributed by atoms with Crippen LogP contribution in [0.3, 0.4) is 0 Å². The van der Waals surface area contributed by atoms with Crippen LogP contribution in [0.1, 0.15) is 55.0 Å². The fourth-order valence-corrected chi connectivity index (χ4v) is 8.21. The van der Waals surface area contributed by atoms with Crippen LogP contribution < -0.4 is 15.1 Å². The van der Waals surface area contributed by atoms with E-state index in [4.69, 9.17) is 28.8 Å². The van der Waals surface area contributed by atoms with Crippen LogP contribution in [0.25, 0.3) is 16.5 Å². The van der Waals surface area contributed by atoms with Crippen molar-refractivity contribution in [1.29, 1.82) is 0 Å². The molecule has 3 aromatic carbocycles. The number of aromatic nitrogens is 2. The molecule has 4 atom stereocenters. The molecule has 0 saturated carbocycles. The summed E-state index contributed by atoms with van der Waals surface area (Å²) in [6, 6.07) is 29.7. The summed E-state index contributed by atoms with van der Waals surface area (Å²) in [5.41, 5.74) is 7.77. The van der Waals surface area contributed by atoms with Crippen molar-refractivity contribution in [3.8, 4) is 5.69 Å². The molecule has 224 valence electrons. The third-order valence-electron chi connectivity index (χ3n) is 9.31. The molecule has 0 aliphatic carbocycles. The Bertz CT molecular complexity index is 1830. The van der Waals surface area contributed by atoms with Crippen LogP contribution in [0.4, 0.5) is 11.4 Å². The second-order valence-electron chi connectivity index (χ2n) is 12.6. The first kappa shape index (κ1) is 28.9. The number of nitrogens with zero attached hydrogens (tertiary/aromatic N) is 4. The van der Waals surface area contributed by atoms with Gasteiger partial charge in [0.15, 0.2) is 5.11 Å². The lowest BCUT2D eigenvalue weighted by molar-refractivity contribution is 0.357. The van der Waals surface area contributed by atoms with Gasteiger partial charge in [-0.25, -0.2) is 0 Å². The highest BCUT2D eigenvalue weighted by Gasteiger charge is 2.42. The number of nitrogens with one attached hydrogen (secondary N) is 1. The number of fused-ring (bicyclic) bond motifs is 1. The van der Waals surface area contributed by atoms with Gasteiger partial charge in [-0.05, 0) is 97.7 Å². The minimum absolute atomic E-state index is 0.121. The van der Waals surface area contributed by atoms with Crippen molar-refractivity contribution >= 4 is 51.1 Å². The smallest absolute Gasteiger partial charge is 0.174 e. The molecule has 4 heterocycles. The van der Waals surface area contributed by atoms with E-state index >= 15 is 0 Å². The van der Waals surface area contributed by atoms with E-state index < -0.39 is 0 Å². The van der Waals surface area contributed by atoms with E-state index in [1.807, 2.05) is 18.3 Å². The molecule has 0 amide bonds.